The van der Waals surface area contributed by atoms with E-state index in [4.69, 9.17) is 0 Å². The van der Waals surface area contributed by atoms with Gasteiger partial charge in [0.2, 0.25) is 0 Å². The average Bonchev–Trinajstić information content (AvgIpc) is 2.28. The number of pyridine rings is 1. The van der Waals surface area contributed by atoms with Crippen molar-refractivity contribution in [3.8, 4) is 0 Å². The van der Waals surface area contributed by atoms with Gasteiger partial charge in [-0.1, -0.05) is 19.3 Å². The third-order valence-corrected chi connectivity index (χ3v) is 3.63. The van der Waals surface area contributed by atoms with E-state index in [1.165, 1.54) is 6.20 Å². The number of aromatic nitrogens is 1. The van der Waals surface area contributed by atoms with Crippen molar-refractivity contribution in [1.29, 1.82) is 0 Å². The van der Waals surface area contributed by atoms with E-state index >= 15 is 0 Å². The predicted molar refractivity (Wildman–Crippen MR) is 62.8 cm³/mol. The highest BCUT2D eigenvalue weighted by atomic mass is 79.9. The van der Waals surface area contributed by atoms with Crippen LogP contribution in [0.3, 0.4) is 0 Å². The van der Waals surface area contributed by atoms with E-state index < -0.39 is 11.9 Å². The van der Waals surface area contributed by atoms with Crippen LogP contribution in [0.1, 0.15) is 49.3 Å². The Morgan fingerprint density at radius 3 is 2.41 bits per heavy atom. The highest BCUT2D eigenvalue weighted by Gasteiger charge is 2.37. The summed E-state index contributed by atoms with van der Waals surface area (Å²) >= 11 is 3.20. The standard InChI is InChI=1S/C12H13BrF3N/c13-9-6-10(8-4-2-1-3-5-8)11(17-7-9)12(14,15)16/h6-8H,1-5H2. The van der Waals surface area contributed by atoms with Crippen LogP contribution in [0.5, 0.6) is 0 Å². The van der Waals surface area contributed by atoms with Crippen LogP contribution < -0.4 is 0 Å². The first-order valence-electron chi connectivity index (χ1n) is 5.71. The monoisotopic (exact) mass is 307 g/mol. The summed E-state index contributed by atoms with van der Waals surface area (Å²) in [5.41, 5.74) is -0.362. The van der Waals surface area contributed by atoms with Crippen LogP contribution in [0.15, 0.2) is 16.7 Å². The molecule has 2 rings (SSSR count). The zero-order valence-corrected chi connectivity index (χ0v) is 10.8. The molecule has 17 heavy (non-hydrogen) atoms. The summed E-state index contributed by atoms with van der Waals surface area (Å²) in [6.45, 7) is 0. The number of rotatable bonds is 1. The lowest BCUT2D eigenvalue weighted by molar-refractivity contribution is -0.142. The molecule has 1 aromatic heterocycles. The number of hydrogen-bond donors (Lipinski definition) is 0. The summed E-state index contributed by atoms with van der Waals surface area (Å²) < 4.78 is 39.2. The van der Waals surface area contributed by atoms with Crippen LogP contribution in [0.2, 0.25) is 0 Å². The van der Waals surface area contributed by atoms with Gasteiger partial charge < -0.3 is 0 Å². The van der Waals surface area contributed by atoms with Gasteiger partial charge in [0.1, 0.15) is 5.69 Å². The molecule has 1 saturated carbocycles. The van der Waals surface area contributed by atoms with E-state index in [-0.39, 0.29) is 5.92 Å². The Hall–Kier alpha value is -0.580. The molecule has 0 aromatic carbocycles. The first-order valence-corrected chi connectivity index (χ1v) is 6.50. The lowest BCUT2D eigenvalue weighted by Gasteiger charge is -2.24. The van der Waals surface area contributed by atoms with Gasteiger partial charge in [-0.3, -0.25) is 4.98 Å². The summed E-state index contributed by atoms with van der Waals surface area (Å²) in [5, 5.41) is 0. The molecule has 0 saturated heterocycles. The van der Waals surface area contributed by atoms with Crippen molar-refractivity contribution in [2.75, 3.05) is 0 Å². The Balaban J connectivity index is 2.39. The maximum atomic E-state index is 12.9. The second-order valence-corrected chi connectivity index (χ2v) is 5.34. The fourth-order valence-corrected chi connectivity index (χ4v) is 2.77. The molecule has 1 fully saturated rings. The van der Waals surface area contributed by atoms with Crippen molar-refractivity contribution in [2.24, 2.45) is 0 Å². The Labute approximate surface area is 107 Å². The Morgan fingerprint density at radius 2 is 1.82 bits per heavy atom. The van der Waals surface area contributed by atoms with Crippen molar-refractivity contribution in [3.63, 3.8) is 0 Å². The van der Waals surface area contributed by atoms with Gasteiger partial charge in [0.15, 0.2) is 0 Å². The van der Waals surface area contributed by atoms with Gasteiger partial charge in [0.05, 0.1) is 0 Å². The quantitative estimate of drug-likeness (QED) is 0.718. The number of halogens is 4. The van der Waals surface area contributed by atoms with E-state index in [0.29, 0.717) is 10.0 Å². The molecule has 0 aliphatic heterocycles. The van der Waals surface area contributed by atoms with E-state index in [2.05, 4.69) is 20.9 Å². The van der Waals surface area contributed by atoms with E-state index in [1.54, 1.807) is 6.07 Å². The molecule has 1 aromatic rings. The number of hydrogen-bond acceptors (Lipinski definition) is 1. The highest BCUT2D eigenvalue weighted by Crippen LogP contribution is 2.40. The minimum atomic E-state index is -4.35. The van der Waals surface area contributed by atoms with E-state index in [1.807, 2.05) is 0 Å². The Kier molecular flexibility index (Phi) is 3.76. The molecule has 0 radical (unpaired) electrons. The molecule has 0 amide bonds. The third kappa shape index (κ3) is 3.00. The van der Waals surface area contributed by atoms with E-state index in [9.17, 15) is 13.2 Å². The van der Waals surface area contributed by atoms with Crippen LogP contribution >= 0.6 is 15.9 Å². The molecule has 0 atom stereocenters. The molecule has 5 heteroatoms. The van der Waals surface area contributed by atoms with Crippen LogP contribution in [0.25, 0.3) is 0 Å². The minimum absolute atomic E-state index is 0.00498. The Bertz CT molecular complexity index is 397. The molecular weight excluding hydrogens is 295 g/mol. The zero-order chi connectivity index (χ0) is 12.5. The van der Waals surface area contributed by atoms with Crippen molar-refractivity contribution in [1.82, 2.24) is 4.98 Å². The van der Waals surface area contributed by atoms with Gasteiger partial charge in [0.25, 0.3) is 0 Å². The first-order chi connectivity index (χ1) is 7.98. The smallest absolute Gasteiger partial charge is 0.250 e. The minimum Gasteiger partial charge on any atom is -0.250 e. The molecule has 1 nitrogen and oxygen atoms in total. The zero-order valence-electron chi connectivity index (χ0n) is 9.23. The second-order valence-electron chi connectivity index (χ2n) is 4.42. The molecule has 1 heterocycles. The normalized spacial score (nSPS) is 18.4. The van der Waals surface area contributed by atoms with Crippen molar-refractivity contribution >= 4 is 15.9 Å². The van der Waals surface area contributed by atoms with Crippen LogP contribution in [-0.4, -0.2) is 4.98 Å². The Morgan fingerprint density at radius 1 is 1.18 bits per heavy atom. The van der Waals surface area contributed by atoms with Gasteiger partial charge >= 0.3 is 6.18 Å². The van der Waals surface area contributed by atoms with Crippen molar-refractivity contribution in [3.05, 3.63) is 28.0 Å². The summed E-state index contributed by atoms with van der Waals surface area (Å²) in [4.78, 5) is 3.55. The lowest BCUT2D eigenvalue weighted by atomic mass is 9.83. The van der Waals surface area contributed by atoms with Crippen LogP contribution in [0.4, 0.5) is 13.2 Å². The van der Waals surface area contributed by atoms with Gasteiger partial charge in [-0.2, -0.15) is 13.2 Å². The molecule has 1 aliphatic rings. The molecule has 94 valence electrons. The summed E-state index contributed by atoms with van der Waals surface area (Å²) in [6, 6.07) is 1.58. The molecule has 0 spiro atoms. The van der Waals surface area contributed by atoms with Crippen molar-refractivity contribution in [2.45, 2.75) is 44.2 Å². The first kappa shape index (κ1) is 12.9. The van der Waals surface area contributed by atoms with Gasteiger partial charge in [-0.15, -0.1) is 0 Å². The fourth-order valence-electron chi connectivity index (χ4n) is 2.42. The largest absolute Gasteiger partial charge is 0.433 e. The summed E-state index contributed by atoms with van der Waals surface area (Å²) in [7, 11) is 0. The SMILES string of the molecule is FC(F)(F)c1ncc(Br)cc1C1CCCCC1. The number of alkyl halides is 3. The van der Waals surface area contributed by atoms with E-state index in [0.717, 1.165) is 32.1 Å². The summed E-state index contributed by atoms with van der Waals surface area (Å²) in [5.74, 6) is 0.00498. The summed E-state index contributed by atoms with van der Waals surface area (Å²) in [6.07, 6.45) is 1.67. The third-order valence-electron chi connectivity index (χ3n) is 3.20. The fraction of sp³-hybridized carbons (Fsp3) is 0.583. The van der Waals surface area contributed by atoms with Crippen LogP contribution in [-0.2, 0) is 6.18 Å². The van der Waals surface area contributed by atoms with Crippen molar-refractivity contribution < 1.29 is 13.2 Å². The maximum absolute atomic E-state index is 12.9. The van der Waals surface area contributed by atoms with Gasteiger partial charge in [0, 0.05) is 10.7 Å². The molecule has 1 aliphatic carbocycles. The second kappa shape index (κ2) is 4.96. The van der Waals surface area contributed by atoms with Gasteiger partial charge in [-0.25, -0.2) is 0 Å². The highest BCUT2D eigenvalue weighted by molar-refractivity contribution is 9.10. The number of nitrogens with zero attached hydrogens (tertiary/aromatic N) is 1. The molecule has 0 N–H and O–H groups in total. The van der Waals surface area contributed by atoms with Crippen LogP contribution in [0, 0.1) is 0 Å². The molecule has 0 unspecified atom stereocenters. The topological polar surface area (TPSA) is 12.9 Å². The lowest BCUT2D eigenvalue weighted by Crippen LogP contribution is -2.16. The van der Waals surface area contributed by atoms with Gasteiger partial charge in [-0.05, 0) is 46.3 Å². The predicted octanol–water partition coefficient (Wildman–Crippen LogP) is 4.91. The molecular formula is C12H13BrF3N. The average molecular weight is 308 g/mol. The maximum Gasteiger partial charge on any atom is 0.433 e. The molecule has 0 bridgehead atoms.